The molecule has 0 aliphatic rings. The quantitative estimate of drug-likeness (QED) is 0.465. The normalized spacial score (nSPS) is 11.3. The molecule has 3 aromatic heterocycles. The highest BCUT2D eigenvalue weighted by Gasteiger charge is 2.23. The van der Waals surface area contributed by atoms with E-state index in [0.29, 0.717) is 12.2 Å². The van der Waals surface area contributed by atoms with Crippen molar-refractivity contribution in [2.45, 2.75) is 39.3 Å². The highest BCUT2D eigenvalue weighted by atomic mass is 32.1. The van der Waals surface area contributed by atoms with Crippen LogP contribution in [0.5, 0.6) is 0 Å². The van der Waals surface area contributed by atoms with Gasteiger partial charge in [-0.25, -0.2) is 9.67 Å². The van der Waals surface area contributed by atoms with Crippen LogP contribution in [0.2, 0.25) is 0 Å². The van der Waals surface area contributed by atoms with Gasteiger partial charge in [-0.2, -0.15) is 5.10 Å². The van der Waals surface area contributed by atoms with E-state index < -0.39 is 0 Å². The SMILES string of the molecule is CCC(CC)NC(=O)c1nn(Cc2ccccc2)c2nccc(-c3cccs3)c12. The number of thiophene rings is 1. The third kappa shape index (κ3) is 3.93. The fraction of sp³-hybridized carbons (Fsp3) is 0.261. The van der Waals surface area contributed by atoms with Crippen molar-refractivity contribution in [3.8, 4) is 10.4 Å². The monoisotopic (exact) mass is 404 g/mol. The van der Waals surface area contributed by atoms with Crippen molar-refractivity contribution < 1.29 is 4.79 Å². The van der Waals surface area contributed by atoms with E-state index in [9.17, 15) is 4.79 Å². The smallest absolute Gasteiger partial charge is 0.272 e. The molecule has 3 heterocycles. The number of fused-ring (bicyclic) bond motifs is 1. The van der Waals surface area contributed by atoms with Crippen LogP contribution >= 0.6 is 11.3 Å². The fourth-order valence-corrected chi connectivity index (χ4v) is 4.27. The van der Waals surface area contributed by atoms with E-state index in [0.717, 1.165) is 39.9 Å². The molecule has 0 aliphatic heterocycles. The van der Waals surface area contributed by atoms with Gasteiger partial charge in [0.2, 0.25) is 0 Å². The van der Waals surface area contributed by atoms with Crippen LogP contribution in [-0.4, -0.2) is 26.7 Å². The number of hydrogen-bond acceptors (Lipinski definition) is 4. The molecule has 0 radical (unpaired) electrons. The molecule has 0 spiro atoms. The number of benzene rings is 1. The van der Waals surface area contributed by atoms with E-state index in [-0.39, 0.29) is 11.9 Å². The molecule has 5 nitrogen and oxygen atoms in total. The van der Waals surface area contributed by atoms with Crippen molar-refractivity contribution in [3.63, 3.8) is 0 Å². The Bertz CT molecular complexity index is 1100. The molecule has 0 saturated carbocycles. The average molecular weight is 405 g/mol. The summed E-state index contributed by atoms with van der Waals surface area (Å²) in [7, 11) is 0. The lowest BCUT2D eigenvalue weighted by Gasteiger charge is -2.13. The van der Waals surface area contributed by atoms with Crippen molar-refractivity contribution in [2.24, 2.45) is 0 Å². The van der Waals surface area contributed by atoms with Crippen molar-refractivity contribution >= 4 is 28.3 Å². The van der Waals surface area contributed by atoms with Gasteiger partial charge >= 0.3 is 0 Å². The summed E-state index contributed by atoms with van der Waals surface area (Å²) in [6.45, 7) is 4.73. The average Bonchev–Trinajstić information content (AvgIpc) is 3.41. The summed E-state index contributed by atoms with van der Waals surface area (Å²) in [6.07, 6.45) is 3.57. The van der Waals surface area contributed by atoms with Gasteiger partial charge in [-0.1, -0.05) is 50.2 Å². The number of carbonyl (C=O) groups is 1. The summed E-state index contributed by atoms with van der Waals surface area (Å²) < 4.78 is 1.84. The second-order valence-corrected chi connectivity index (χ2v) is 7.96. The molecule has 0 atom stereocenters. The molecular formula is C23H24N4OS. The zero-order chi connectivity index (χ0) is 20.2. The second-order valence-electron chi connectivity index (χ2n) is 7.01. The predicted molar refractivity (Wildman–Crippen MR) is 118 cm³/mol. The predicted octanol–water partition coefficient (Wildman–Crippen LogP) is 5.13. The zero-order valence-electron chi connectivity index (χ0n) is 16.6. The third-order valence-corrected chi connectivity index (χ3v) is 6.03. The lowest BCUT2D eigenvalue weighted by molar-refractivity contribution is 0.0930. The molecule has 0 fully saturated rings. The molecule has 0 bridgehead atoms. The summed E-state index contributed by atoms with van der Waals surface area (Å²) in [5.41, 5.74) is 3.29. The van der Waals surface area contributed by atoms with Crippen LogP contribution in [0.15, 0.2) is 60.1 Å². The highest BCUT2D eigenvalue weighted by molar-refractivity contribution is 7.13. The molecule has 0 aliphatic carbocycles. The third-order valence-electron chi connectivity index (χ3n) is 5.13. The minimum atomic E-state index is -0.138. The van der Waals surface area contributed by atoms with Gasteiger partial charge in [0.05, 0.1) is 11.9 Å². The highest BCUT2D eigenvalue weighted by Crippen LogP contribution is 2.33. The maximum atomic E-state index is 13.2. The first-order valence-corrected chi connectivity index (χ1v) is 10.8. The van der Waals surface area contributed by atoms with Gasteiger partial charge in [0.25, 0.3) is 5.91 Å². The van der Waals surface area contributed by atoms with E-state index in [1.807, 2.05) is 40.4 Å². The van der Waals surface area contributed by atoms with Gasteiger partial charge in [-0.05, 0) is 35.9 Å². The van der Waals surface area contributed by atoms with Gasteiger partial charge < -0.3 is 5.32 Å². The fourth-order valence-electron chi connectivity index (χ4n) is 3.51. The summed E-state index contributed by atoms with van der Waals surface area (Å²) in [6, 6.07) is 16.3. The van der Waals surface area contributed by atoms with Crippen LogP contribution in [0.4, 0.5) is 0 Å². The van der Waals surface area contributed by atoms with Gasteiger partial charge in [-0.3, -0.25) is 4.79 Å². The summed E-state index contributed by atoms with van der Waals surface area (Å²) in [5, 5.41) is 10.7. The molecule has 4 rings (SSSR count). The van der Waals surface area contributed by atoms with Crippen molar-refractivity contribution in [2.75, 3.05) is 0 Å². The number of rotatable bonds is 7. The maximum Gasteiger partial charge on any atom is 0.272 e. The van der Waals surface area contributed by atoms with Crippen LogP contribution in [0.3, 0.4) is 0 Å². The second kappa shape index (κ2) is 8.57. The van der Waals surface area contributed by atoms with Gasteiger partial charge in [-0.15, -0.1) is 11.3 Å². The largest absolute Gasteiger partial charge is 0.348 e. The Labute approximate surface area is 174 Å². The molecule has 0 saturated heterocycles. The van der Waals surface area contributed by atoms with Gasteiger partial charge in [0.15, 0.2) is 11.3 Å². The first kappa shape index (κ1) is 19.3. The van der Waals surface area contributed by atoms with Crippen LogP contribution < -0.4 is 5.32 Å². The molecule has 4 aromatic rings. The van der Waals surface area contributed by atoms with E-state index in [1.165, 1.54) is 0 Å². The number of amides is 1. The van der Waals surface area contributed by atoms with E-state index >= 15 is 0 Å². The summed E-state index contributed by atoms with van der Waals surface area (Å²) >= 11 is 1.65. The molecule has 148 valence electrons. The minimum absolute atomic E-state index is 0.138. The van der Waals surface area contributed by atoms with Crippen LogP contribution in [0, 0.1) is 0 Å². The molecular weight excluding hydrogens is 380 g/mol. The minimum Gasteiger partial charge on any atom is -0.348 e. The van der Waals surface area contributed by atoms with Crippen LogP contribution in [0.1, 0.15) is 42.7 Å². The maximum absolute atomic E-state index is 13.2. The molecule has 1 aromatic carbocycles. The molecule has 6 heteroatoms. The van der Waals surface area contributed by atoms with Crippen molar-refractivity contribution in [3.05, 3.63) is 71.4 Å². The van der Waals surface area contributed by atoms with E-state index in [4.69, 9.17) is 5.10 Å². The van der Waals surface area contributed by atoms with E-state index in [2.05, 4.69) is 42.3 Å². The standard InChI is InChI=1S/C23H24N4OS/c1-3-17(4-2)25-23(28)21-20-18(19-11-8-14-29-19)12-13-24-22(20)27(26-21)15-16-9-6-5-7-10-16/h5-14,17H,3-4,15H2,1-2H3,(H,25,28). The van der Waals surface area contributed by atoms with Crippen LogP contribution in [0.25, 0.3) is 21.5 Å². The van der Waals surface area contributed by atoms with Crippen molar-refractivity contribution in [1.82, 2.24) is 20.1 Å². The van der Waals surface area contributed by atoms with Gasteiger partial charge in [0.1, 0.15) is 0 Å². The molecule has 1 N–H and O–H groups in total. The Balaban J connectivity index is 1.85. The molecule has 0 unspecified atom stereocenters. The number of pyridine rings is 1. The lowest BCUT2D eigenvalue weighted by Crippen LogP contribution is -2.34. The molecule has 29 heavy (non-hydrogen) atoms. The Morgan fingerprint density at radius 1 is 1.10 bits per heavy atom. The summed E-state index contributed by atoms with van der Waals surface area (Å²) in [4.78, 5) is 18.9. The number of nitrogens with zero attached hydrogens (tertiary/aromatic N) is 3. The summed E-state index contributed by atoms with van der Waals surface area (Å²) in [5.74, 6) is -0.138. The Hall–Kier alpha value is -2.99. The van der Waals surface area contributed by atoms with Crippen molar-refractivity contribution in [1.29, 1.82) is 0 Å². The Kier molecular flexibility index (Phi) is 5.71. The topological polar surface area (TPSA) is 59.8 Å². The first-order valence-electron chi connectivity index (χ1n) is 9.95. The zero-order valence-corrected chi connectivity index (χ0v) is 17.4. The molecule has 1 amide bonds. The number of hydrogen-bond donors (Lipinski definition) is 1. The number of aromatic nitrogens is 3. The Morgan fingerprint density at radius 3 is 2.59 bits per heavy atom. The Morgan fingerprint density at radius 2 is 1.90 bits per heavy atom. The number of nitrogens with one attached hydrogen (secondary N) is 1. The number of carbonyl (C=O) groups excluding carboxylic acids is 1. The van der Waals surface area contributed by atoms with Gasteiger partial charge in [0, 0.05) is 22.7 Å². The van der Waals surface area contributed by atoms with Crippen LogP contribution in [-0.2, 0) is 6.54 Å². The first-order chi connectivity index (χ1) is 14.2. The van der Waals surface area contributed by atoms with E-state index in [1.54, 1.807) is 17.5 Å². The lowest BCUT2D eigenvalue weighted by atomic mass is 10.1.